The van der Waals surface area contributed by atoms with Crippen molar-refractivity contribution in [3.63, 3.8) is 0 Å². The number of anilines is 1. The molecule has 17 heavy (non-hydrogen) atoms. The lowest BCUT2D eigenvalue weighted by Crippen LogP contribution is -1.95. The van der Waals surface area contributed by atoms with Crippen LogP contribution in [-0.2, 0) is 0 Å². The van der Waals surface area contributed by atoms with Crippen molar-refractivity contribution in [2.75, 3.05) is 5.73 Å². The van der Waals surface area contributed by atoms with E-state index < -0.39 is 0 Å². The van der Waals surface area contributed by atoms with Crippen LogP contribution in [0.5, 0.6) is 11.6 Å². The molecule has 0 fully saturated rings. The van der Waals surface area contributed by atoms with E-state index in [2.05, 4.69) is 21.4 Å². The lowest BCUT2D eigenvalue weighted by Gasteiger charge is -2.04. The molecule has 0 atom stereocenters. The van der Waals surface area contributed by atoms with Gasteiger partial charge in [0.05, 0.1) is 0 Å². The number of nitrogens with two attached hydrogens (primary N) is 1. The van der Waals surface area contributed by atoms with Gasteiger partial charge in [-0.05, 0) is 35.0 Å². The molecule has 2 N–H and O–H groups in total. The fourth-order valence-corrected chi connectivity index (χ4v) is 2.35. The van der Waals surface area contributed by atoms with Crippen molar-refractivity contribution >= 4 is 27.4 Å². The summed E-state index contributed by atoms with van der Waals surface area (Å²) in [6.07, 6.45) is 1.57. The van der Waals surface area contributed by atoms with Crippen LogP contribution in [0, 0.1) is 0 Å². The number of hydrogen-bond acceptors (Lipinski definition) is 5. The smallest absolute Gasteiger partial charge is 0.224 e. The summed E-state index contributed by atoms with van der Waals surface area (Å²) in [6, 6.07) is 9.67. The SMILES string of the molecule is Nc1nccc(Oc2ccc3ccsc3c2)n1. The molecule has 2 heterocycles. The fourth-order valence-electron chi connectivity index (χ4n) is 1.53. The first-order chi connectivity index (χ1) is 8.31. The predicted molar refractivity (Wildman–Crippen MR) is 68.3 cm³/mol. The second-order valence-electron chi connectivity index (χ2n) is 3.48. The highest BCUT2D eigenvalue weighted by atomic mass is 32.1. The minimum Gasteiger partial charge on any atom is -0.439 e. The number of nitrogens with zero attached hydrogens (tertiary/aromatic N) is 2. The minimum absolute atomic E-state index is 0.208. The van der Waals surface area contributed by atoms with Gasteiger partial charge in [-0.1, -0.05) is 0 Å². The molecule has 0 radical (unpaired) electrons. The van der Waals surface area contributed by atoms with Crippen LogP contribution in [0.25, 0.3) is 10.1 Å². The molecule has 3 aromatic rings. The third-order valence-corrected chi connectivity index (χ3v) is 3.18. The Kier molecular flexibility index (Phi) is 2.38. The summed E-state index contributed by atoms with van der Waals surface area (Å²) in [5.41, 5.74) is 5.49. The van der Waals surface area contributed by atoms with E-state index in [1.165, 1.54) is 10.1 Å². The van der Waals surface area contributed by atoms with Crippen LogP contribution < -0.4 is 10.5 Å². The highest BCUT2D eigenvalue weighted by Crippen LogP contribution is 2.27. The van der Waals surface area contributed by atoms with Crippen LogP contribution in [0.4, 0.5) is 5.95 Å². The molecule has 5 heteroatoms. The number of rotatable bonds is 2. The van der Waals surface area contributed by atoms with E-state index in [4.69, 9.17) is 10.5 Å². The van der Waals surface area contributed by atoms with Gasteiger partial charge in [0.25, 0.3) is 0 Å². The Morgan fingerprint density at radius 2 is 2.12 bits per heavy atom. The van der Waals surface area contributed by atoms with Crippen molar-refractivity contribution in [1.29, 1.82) is 0 Å². The lowest BCUT2D eigenvalue weighted by atomic mass is 10.2. The van der Waals surface area contributed by atoms with Crippen LogP contribution >= 0.6 is 11.3 Å². The van der Waals surface area contributed by atoms with Crippen molar-refractivity contribution in [3.8, 4) is 11.6 Å². The molecule has 0 aliphatic heterocycles. The average Bonchev–Trinajstić information content (AvgIpc) is 2.76. The van der Waals surface area contributed by atoms with E-state index >= 15 is 0 Å². The Hall–Kier alpha value is -2.14. The number of aromatic nitrogens is 2. The maximum atomic E-state index is 5.61. The van der Waals surface area contributed by atoms with E-state index in [1.807, 2.05) is 18.2 Å². The molecular formula is C12H9N3OS. The molecule has 4 nitrogen and oxygen atoms in total. The molecule has 0 aliphatic rings. The summed E-state index contributed by atoms with van der Waals surface area (Å²) in [4.78, 5) is 7.80. The van der Waals surface area contributed by atoms with E-state index in [0.29, 0.717) is 5.88 Å². The zero-order valence-corrected chi connectivity index (χ0v) is 9.65. The summed E-state index contributed by atoms with van der Waals surface area (Å²) >= 11 is 1.68. The first kappa shape index (κ1) is 10.0. The zero-order chi connectivity index (χ0) is 11.7. The maximum Gasteiger partial charge on any atom is 0.224 e. The molecule has 0 bridgehead atoms. The van der Waals surface area contributed by atoms with Crippen LogP contribution in [-0.4, -0.2) is 9.97 Å². The molecule has 0 saturated carbocycles. The first-order valence-corrected chi connectivity index (χ1v) is 5.93. The van der Waals surface area contributed by atoms with E-state index in [0.717, 1.165) is 5.75 Å². The Labute approximate surface area is 102 Å². The number of thiophene rings is 1. The van der Waals surface area contributed by atoms with Crippen molar-refractivity contribution in [1.82, 2.24) is 9.97 Å². The minimum atomic E-state index is 0.208. The summed E-state index contributed by atoms with van der Waals surface area (Å²) in [6.45, 7) is 0. The van der Waals surface area contributed by atoms with Gasteiger partial charge in [-0.3, -0.25) is 0 Å². The predicted octanol–water partition coefficient (Wildman–Crippen LogP) is 3.07. The highest BCUT2D eigenvalue weighted by molar-refractivity contribution is 7.17. The van der Waals surface area contributed by atoms with Crippen LogP contribution in [0.15, 0.2) is 41.9 Å². The topological polar surface area (TPSA) is 61.0 Å². The number of fused-ring (bicyclic) bond motifs is 1. The van der Waals surface area contributed by atoms with Crippen molar-refractivity contribution in [2.24, 2.45) is 0 Å². The van der Waals surface area contributed by atoms with Gasteiger partial charge in [0.1, 0.15) is 5.75 Å². The highest BCUT2D eigenvalue weighted by Gasteiger charge is 2.01. The van der Waals surface area contributed by atoms with Crippen LogP contribution in [0.1, 0.15) is 0 Å². The Bertz CT molecular complexity index is 665. The third kappa shape index (κ3) is 2.05. The summed E-state index contributed by atoms with van der Waals surface area (Å²) < 4.78 is 6.80. The van der Waals surface area contributed by atoms with Crippen molar-refractivity contribution in [3.05, 3.63) is 41.9 Å². The molecule has 2 aromatic heterocycles. The molecule has 1 aromatic carbocycles. The monoisotopic (exact) mass is 243 g/mol. The number of nitrogen functional groups attached to an aromatic ring is 1. The number of benzene rings is 1. The Morgan fingerprint density at radius 3 is 3.00 bits per heavy atom. The number of hydrogen-bond donors (Lipinski definition) is 1. The van der Waals surface area contributed by atoms with Gasteiger partial charge in [0, 0.05) is 17.0 Å². The van der Waals surface area contributed by atoms with Crippen molar-refractivity contribution < 1.29 is 4.74 Å². The molecule has 0 saturated heterocycles. The average molecular weight is 243 g/mol. The van der Waals surface area contributed by atoms with Gasteiger partial charge in [-0.2, -0.15) is 4.98 Å². The Morgan fingerprint density at radius 1 is 1.18 bits per heavy atom. The molecule has 84 valence electrons. The van der Waals surface area contributed by atoms with E-state index in [1.54, 1.807) is 23.6 Å². The largest absolute Gasteiger partial charge is 0.439 e. The lowest BCUT2D eigenvalue weighted by molar-refractivity contribution is 0.463. The van der Waals surface area contributed by atoms with Gasteiger partial charge in [0.15, 0.2) is 0 Å². The van der Waals surface area contributed by atoms with Gasteiger partial charge in [0.2, 0.25) is 11.8 Å². The molecule has 3 rings (SSSR count). The standard InChI is InChI=1S/C12H9N3OS/c13-12-14-5-3-11(15-12)16-9-2-1-8-4-6-17-10(8)7-9/h1-7H,(H2,13,14,15). The summed E-state index contributed by atoms with van der Waals surface area (Å²) in [5, 5.41) is 3.27. The van der Waals surface area contributed by atoms with Gasteiger partial charge in [-0.25, -0.2) is 4.98 Å². The maximum absolute atomic E-state index is 5.61. The molecular weight excluding hydrogens is 234 g/mol. The fraction of sp³-hybridized carbons (Fsp3) is 0. The van der Waals surface area contributed by atoms with Crippen LogP contribution in [0.2, 0.25) is 0 Å². The quantitative estimate of drug-likeness (QED) is 0.751. The zero-order valence-electron chi connectivity index (χ0n) is 8.83. The van der Waals surface area contributed by atoms with Gasteiger partial charge >= 0.3 is 0 Å². The Balaban J connectivity index is 1.94. The summed E-state index contributed by atoms with van der Waals surface area (Å²) in [7, 11) is 0. The molecule has 0 unspecified atom stereocenters. The second-order valence-corrected chi connectivity index (χ2v) is 4.42. The normalized spacial score (nSPS) is 10.6. The molecule has 0 spiro atoms. The van der Waals surface area contributed by atoms with Gasteiger partial charge in [-0.15, -0.1) is 11.3 Å². The van der Waals surface area contributed by atoms with Crippen LogP contribution in [0.3, 0.4) is 0 Å². The van der Waals surface area contributed by atoms with Crippen molar-refractivity contribution in [2.45, 2.75) is 0 Å². The van der Waals surface area contributed by atoms with Gasteiger partial charge < -0.3 is 10.5 Å². The molecule has 0 aliphatic carbocycles. The van der Waals surface area contributed by atoms with E-state index in [9.17, 15) is 0 Å². The molecule has 0 amide bonds. The second kappa shape index (κ2) is 4.03. The first-order valence-electron chi connectivity index (χ1n) is 5.05. The number of ether oxygens (including phenoxy) is 1. The van der Waals surface area contributed by atoms with E-state index in [-0.39, 0.29) is 5.95 Å². The summed E-state index contributed by atoms with van der Waals surface area (Å²) in [5.74, 6) is 1.41. The third-order valence-electron chi connectivity index (χ3n) is 2.30.